The second-order valence-corrected chi connectivity index (χ2v) is 4.99. The van der Waals surface area contributed by atoms with Crippen molar-refractivity contribution < 1.29 is 4.79 Å². The summed E-state index contributed by atoms with van der Waals surface area (Å²) in [6.45, 7) is 7.53. The van der Waals surface area contributed by atoms with Crippen LogP contribution in [-0.2, 0) is 4.79 Å². The van der Waals surface area contributed by atoms with Gasteiger partial charge >= 0.3 is 0 Å². The number of amides is 1. The van der Waals surface area contributed by atoms with Crippen LogP contribution in [0, 0.1) is 5.92 Å². The Hall–Kier alpha value is -0.280. The summed E-state index contributed by atoms with van der Waals surface area (Å²) in [5.41, 5.74) is 0. The van der Waals surface area contributed by atoms with Crippen molar-refractivity contribution in [1.29, 1.82) is 0 Å². The zero-order valence-electron chi connectivity index (χ0n) is 10.6. The van der Waals surface area contributed by atoms with Gasteiger partial charge in [-0.3, -0.25) is 4.79 Å². The number of carbonyl (C=O) groups excluding carboxylic acids is 1. The predicted octanol–water partition coefficient (Wildman–Crippen LogP) is 2.10. The van der Waals surface area contributed by atoms with Crippen LogP contribution in [0.1, 0.15) is 46.5 Å². The van der Waals surface area contributed by atoms with Gasteiger partial charge in [-0.15, -0.1) is 12.4 Å². The number of hydrogen-bond acceptors (Lipinski definition) is 2. The van der Waals surface area contributed by atoms with E-state index in [9.17, 15) is 4.79 Å². The van der Waals surface area contributed by atoms with Gasteiger partial charge in [-0.1, -0.05) is 13.8 Å². The first kappa shape index (κ1) is 15.7. The van der Waals surface area contributed by atoms with Crippen LogP contribution in [0.3, 0.4) is 0 Å². The standard InChI is InChI=1S/C12H24N2O.ClH/c1-9(2)6-7-12(15)14-11-5-4-8-13-10(11)3;/h9-11,13H,4-8H2,1-3H3,(H,14,15);1H. The van der Waals surface area contributed by atoms with Gasteiger partial charge in [-0.25, -0.2) is 0 Å². The van der Waals surface area contributed by atoms with E-state index >= 15 is 0 Å². The molecule has 0 radical (unpaired) electrons. The number of rotatable bonds is 4. The maximum Gasteiger partial charge on any atom is 0.220 e. The lowest BCUT2D eigenvalue weighted by Crippen LogP contribution is -2.51. The lowest BCUT2D eigenvalue weighted by molar-refractivity contribution is -0.122. The molecule has 0 bridgehead atoms. The third kappa shape index (κ3) is 5.71. The van der Waals surface area contributed by atoms with Gasteiger partial charge in [-0.05, 0) is 38.6 Å². The van der Waals surface area contributed by atoms with E-state index in [2.05, 4.69) is 31.4 Å². The van der Waals surface area contributed by atoms with E-state index in [1.54, 1.807) is 0 Å². The Morgan fingerprint density at radius 1 is 1.50 bits per heavy atom. The number of halogens is 1. The summed E-state index contributed by atoms with van der Waals surface area (Å²) in [6.07, 6.45) is 3.93. The maximum atomic E-state index is 11.6. The number of nitrogens with one attached hydrogen (secondary N) is 2. The minimum Gasteiger partial charge on any atom is -0.352 e. The molecule has 4 heteroatoms. The van der Waals surface area contributed by atoms with Crippen molar-refractivity contribution in [1.82, 2.24) is 10.6 Å². The molecule has 2 N–H and O–H groups in total. The number of carbonyl (C=O) groups is 1. The molecule has 96 valence electrons. The van der Waals surface area contributed by atoms with Crippen LogP contribution in [0.4, 0.5) is 0 Å². The van der Waals surface area contributed by atoms with Crippen molar-refractivity contribution in [2.24, 2.45) is 5.92 Å². The molecule has 1 aliphatic heterocycles. The Morgan fingerprint density at radius 3 is 2.75 bits per heavy atom. The van der Waals surface area contributed by atoms with E-state index in [1.807, 2.05) is 0 Å². The van der Waals surface area contributed by atoms with Crippen LogP contribution in [0.15, 0.2) is 0 Å². The highest BCUT2D eigenvalue weighted by atomic mass is 35.5. The largest absolute Gasteiger partial charge is 0.352 e. The average Bonchev–Trinajstić information content (AvgIpc) is 2.18. The lowest BCUT2D eigenvalue weighted by Gasteiger charge is -2.30. The van der Waals surface area contributed by atoms with Crippen molar-refractivity contribution in [3.05, 3.63) is 0 Å². The summed E-state index contributed by atoms with van der Waals surface area (Å²) >= 11 is 0. The minimum atomic E-state index is 0. The molecule has 0 aromatic carbocycles. The lowest BCUT2D eigenvalue weighted by atomic mass is 9.99. The van der Waals surface area contributed by atoms with Gasteiger partial charge in [0.2, 0.25) is 5.91 Å². The molecule has 2 unspecified atom stereocenters. The van der Waals surface area contributed by atoms with Crippen molar-refractivity contribution in [2.45, 2.75) is 58.5 Å². The van der Waals surface area contributed by atoms with Crippen LogP contribution in [0.5, 0.6) is 0 Å². The Kier molecular flexibility index (Phi) is 7.77. The second-order valence-electron chi connectivity index (χ2n) is 4.99. The molecule has 0 saturated carbocycles. The van der Waals surface area contributed by atoms with Crippen molar-refractivity contribution in [2.75, 3.05) is 6.54 Å². The Morgan fingerprint density at radius 2 is 2.19 bits per heavy atom. The highest BCUT2D eigenvalue weighted by Crippen LogP contribution is 2.09. The zero-order valence-corrected chi connectivity index (χ0v) is 11.4. The molecular weight excluding hydrogens is 224 g/mol. The summed E-state index contributed by atoms with van der Waals surface area (Å²) in [5.74, 6) is 0.821. The molecule has 0 aliphatic carbocycles. The van der Waals surface area contributed by atoms with Gasteiger partial charge < -0.3 is 10.6 Å². The van der Waals surface area contributed by atoms with E-state index in [-0.39, 0.29) is 18.3 Å². The molecule has 1 aliphatic rings. The molecule has 16 heavy (non-hydrogen) atoms. The fourth-order valence-corrected chi connectivity index (χ4v) is 1.94. The molecule has 3 nitrogen and oxygen atoms in total. The highest BCUT2D eigenvalue weighted by molar-refractivity contribution is 5.85. The van der Waals surface area contributed by atoms with Crippen LogP contribution in [0.2, 0.25) is 0 Å². The Bertz CT molecular complexity index is 209. The second kappa shape index (κ2) is 7.91. The first-order valence-electron chi connectivity index (χ1n) is 6.12. The van der Waals surface area contributed by atoms with Crippen molar-refractivity contribution in [3.63, 3.8) is 0 Å². The van der Waals surface area contributed by atoms with E-state index in [4.69, 9.17) is 0 Å². The van der Waals surface area contributed by atoms with Gasteiger partial charge in [0.05, 0.1) is 0 Å². The quantitative estimate of drug-likeness (QED) is 0.800. The predicted molar refractivity (Wildman–Crippen MR) is 69.9 cm³/mol. The van der Waals surface area contributed by atoms with E-state index in [0.717, 1.165) is 19.4 Å². The third-order valence-corrected chi connectivity index (χ3v) is 3.06. The summed E-state index contributed by atoms with van der Waals surface area (Å²) in [4.78, 5) is 11.6. The Labute approximate surface area is 105 Å². The molecule has 2 atom stereocenters. The van der Waals surface area contributed by atoms with Crippen molar-refractivity contribution >= 4 is 18.3 Å². The first-order valence-corrected chi connectivity index (χ1v) is 6.12. The molecule has 1 saturated heterocycles. The number of piperidine rings is 1. The zero-order chi connectivity index (χ0) is 11.3. The van der Waals surface area contributed by atoms with Gasteiger partial charge in [0.15, 0.2) is 0 Å². The van der Waals surface area contributed by atoms with Gasteiger partial charge in [0, 0.05) is 18.5 Å². The number of hydrogen-bond donors (Lipinski definition) is 2. The first-order chi connectivity index (χ1) is 7.09. The average molecular weight is 249 g/mol. The van der Waals surface area contributed by atoms with Crippen LogP contribution >= 0.6 is 12.4 Å². The molecule has 1 heterocycles. The highest BCUT2D eigenvalue weighted by Gasteiger charge is 2.21. The van der Waals surface area contributed by atoms with Crippen LogP contribution in [0.25, 0.3) is 0 Å². The molecular formula is C12H25ClN2O. The fraction of sp³-hybridized carbons (Fsp3) is 0.917. The SMILES string of the molecule is CC(C)CCC(=O)NC1CCCNC1C.Cl. The molecule has 0 aromatic heterocycles. The molecule has 0 aromatic rings. The summed E-state index contributed by atoms with van der Waals surface area (Å²) < 4.78 is 0. The third-order valence-electron chi connectivity index (χ3n) is 3.06. The summed E-state index contributed by atoms with van der Waals surface area (Å²) in [5, 5.41) is 6.51. The van der Waals surface area contributed by atoms with Crippen LogP contribution < -0.4 is 10.6 Å². The van der Waals surface area contributed by atoms with Gasteiger partial charge in [0.1, 0.15) is 0 Å². The minimum absolute atomic E-state index is 0. The normalized spacial score (nSPS) is 25.0. The van der Waals surface area contributed by atoms with E-state index < -0.39 is 0 Å². The molecule has 1 rings (SSSR count). The molecule has 1 amide bonds. The van der Waals surface area contributed by atoms with Gasteiger partial charge in [0.25, 0.3) is 0 Å². The molecule has 0 spiro atoms. The maximum absolute atomic E-state index is 11.6. The van der Waals surface area contributed by atoms with Crippen molar-refractivity contribution in [3.8, 4) is 0 Å². The monoisotopic (exact) mass is 248 g/mol. The van der Waals surface area contributed by atoms with Crippen LogP contribution in [-0.4, -0.2) is 24.5 Å². The van der Waals surface area contributed by atoms with E-state index in [1.165, 1.54) is 6.42 Å². The summed E-state index contributed by atoms with van der Waals surface area (Å²) in [7, 11) is 0. The topological polar surface area (TPSA) is 41.1 Å². The fourth-order valence-electron chi connectivity index (χ4n) is 1.94. The summed E-state index contributed by atoms with van der Waals surface area (Å²) in [6, 6.07) is 0.750. The smallest absolute Gasteiger partial charge is 0.220 e. The van der Waals surface area contributed by atoms with Gasteiger partial charge in [-0.2, -0.15) is 0 Å². The Balaban J connectivity index is 0.00000225. The molecule has 1 fully saturated rings. The van der Waals surface area contributed by atoms with E-state index in [0.29, 0.717) is 24.4 Å².